The molecule has 0 unspecified atom stereocenters. The summed E-state index contributed by atoms with van der Waals surface area (Å²) in [4.78, 5) is 32.5. The summed E-state index contributed by atoms with van der Waals surface area (Å²) in [5, 5.41) is 9.17. The summed E-state index contributed by atoms with van der Waals surface area (Å²) in [5.74, 6) is -0.481. The number of H-pyrrole nitrogens is 1. The van der Waals surface area contributed by atoms with Crippen molar-refractivity contribution in [2.45, 2.75) is 32.9 Å². The molecule has 0 saturated carbocycles. The Balaban J connectivity index is 1.26. The summed E-state index contributed by atoms with van der Waals surface area (Å²) in [6, 6.07) is 25.0. The molecule has 3 aromatic carbocycles. The van der Waals surface area contributed by atoms with Crippen LogP contribution in [0.2, 0.25) is 0 Å². The van der Waals surface area contributed by atoms with Crippen molar-refractivity contribution in [3.63, 3.8) is 0 Å². The molecule has 0 radical (unpaired) electrons. The molecular weight excluding hydrogens is 504 g/mol. The average Bonchev–Trinajstić information content (AvgIpc) is 3.58. The minimum atomic E-state index is -0.925. The van der Waals surface area contributed by atoms with E-state index in [4.69, 9.17) is 4.74 Å². The molecule has 0 saturated heterocycles. The van der Waals surface area contributed by atoms with E-state index in [1.54, 1.807) is 12.4 Å². The standard InChI is InChI=1S/C31H30N6O3/c1-21-14-26(22(2)37(21)28-13-12-24-10-6-7-11-25(24)15-28)17-34-36-30(38)29(16-27-18-32-20-33-27)35-31(39)40-19-23-8-4-3-5-9-23/h3-15,17-18,20,29H,16,19H2,1-2H3,(H,32,33)(H,35,39)(H,36,38)/b34-17-/t29-/m1/s1. The molecule has 0 fully saturated rings. The van der Waals surface area contributed by atoms with E-state index in [1.165, 1.54) is 11.7 Å². The van der Waals surface area contributed by atoms with Crippen LogP contribution in [0.4, 0.5) is 4.79 Å². The van der Waals surface area contributed by atoms with Crippen molar-refractivity contribution < 1.29 is 14.3 Å². The first kappa shape index (κ1) is 26.4. The highest BCUT2D eigenvalue weighted by Crippen LogP contribution is 2.23. The summed E-state index contributed by atoms with van der Waals surface area (Å²) in [5.41, 5.74) is 8.04. The summed E-state index contributed by atoms with van der Waals surface area (Å²) < 4.78 is 7.46. The average molecular weight is 535 g/mol. The van der Waals surface area contributed by atoms with Gasteiger partial charge in [0.25, 0.3) is 5.91 Å². The predicted molar refractivity (Wildman–Crippen MR) is 154 cm³/mol. The van der Waals surface area contributed by atoms with Crippen molar-refractivity contribution in [2.75, 3.05) is 0 Å². The van der Waals surface area contributed by atoms with Gasteiger partial charge in [0.05, 0.1) is 12.5 Å². The number of aromatic nitrogens is 3. The normalized spacial score (nSPS) is 11.9. The number of ether oxygens (including phenoxy) is 1. The lowest BCUT2D eigenvalue weighted by atomic mass is 10.1. The fourth-order valence-corrected chi connectivity index (χ4v) is 4.61. The van der Waals surface area contributed by atoms with Crippen LogP contribution in [0.5, 0.6) is 0 Å². The number of carbonyl (C=O) groups excluding carboxylic acids is 2. The number of aromatic amines is 1. The first-order valence-corrected chi connectivity index (χ1v) is 12.9. The molecule has 9 heteroatoms. The summed E-state index contributed by atoms with van der Waals surface area (Å²) in [6.07, 6.45) is 4.21. The number of nitrogens with one attached hydrogen (secondary N) is 3. The number of benzene rings is 3. The van der Waals surface area contributed by atoms with E-state index in [1.807, 2.05) is 62.4 Å². The van der Waals surface area contributed by atoms with Crippen molar-refractivity contribution >= 4 is 29.0 Å². The second-order valence-corrected chi connectivity index (χ2v) is 9.47. The van der Waals surface area contributed by atoms with Crippen LogP contribution in [0.15, 0.2) is 96.5 Å². The van der Waals surface area contributed by atoms with Gasteiger partial charge < -0.3 is 19.6 Å². The zero-order chi connectivity index (χ0) is 27.9. The Morgan fingerprint density at radius 3 is 2.58 bits per heavy atom. The Morgan fingerprint density at radius 2 is 1.80 bits per heavy atom. The van der Waals surface area contributed by atoms with Gasteiger partial charge in [-0.2, -0.15) is 5.10 Å². The second kappa shape index (κ2) is 12.1. The Hall–Kier alpha value is -5.18. The lowest BCUT2D eigenvalue weighted by molar-refractivity contribution is -0.123. The van der Waals surface area contributed by atoms with Gasteiger partial charge in [0.15, 0.2) is 0 Å². The van der Waals surface area contributed by atoms with E-state index in [0.717, 1.165) is 33.6 Å². The Bertz CT molecular complexity index is 1640. The van der Waals surface area contributed by atoms with Gasteiger partial charge >= 0.3 is 6.09 Å². The van der Waals surface area contributed by atoms with Gasteiger partial charge in [-0.05, 0) is 48.4 Å². The number of amides is 2. The van der Waals surface area contributed by atoms with Crippen LogP contribution in [0.3, 0.4) is 0 Å². The Morgan fingerprint density at radius 1 is 1.02 bits per heavy atom. The van der Waals surface area contributed by atoms with Gasteiger partial charge in [-0.1, -0.05) is 60.7 Å². The molecule has 9 nitrogen and oxygen atoms in total. The topological polar surface area (TPSA) is 113 Å². The molecule has 0 aliphatic rings. The number of imidazole rings is 1. The number of hydrogen-bond acceptors (Lipinski definition) is 5. The van der Waals surface area contributed by atoms with Crippen LogP contribution in [-0.4, -0.2) is 38.8 Å². The molecule has 2 heterocycles. The maximum Gasteiger partial charge on any atom is 0.408 e. The Labute approximate surface area is 231 Å². The number of aryl methyl sites for hydroxylation is 1. The zero-order valence-electron chi connectivity index (χ0n) is 22.3. The Kier molecular flexibility index (Phi) is 8.01. The van der Waals surface area contributed by atoms with E-state index in [-0.39, 0.29) is 13.0 Å². The molecule has 5 aromatic rings. The van der Waals surface area contributed by atoms with Crippen molar-refractivity contribution in [2.24, 2.45) is 5.10 Å². The number of fused-ring (bicyclic) bond motifs is 1. The van der Waals surface area contributed by atoms with Crippen LogP contribution < -0.4 is 10.7 Å². The maximum atomic E-state index is 13.0. The summed E-state index contributed by atoms with van der Waals surface area (Å²) >= 11 is 0. The van der Waals surface area contributed by atoms with Crippen LogP contribution in [-0.2, 0) is 22.6 Å². The molecule has 1 atom stereocenters. The summed E-state index contributed by atoms with van der Waals surface area (Å²) in [7, 11) is 0. The third-order valence-corrected chi connectivity index (χ3v) is 6.64. The smallest absolute Gasteiger partial charge is 0.408 e. The fraction of sp³-hybridized carbons (Fsp3) is 0.161. The number of hydrazone groups is 1. The fourth-order valence-electron chi connectivity index (χ4n) is 4.61. The van der Waals surface area contributed by atoms with Crippen LogP contribution in [0.1, 0.15) is 28.2 Å². The van der Waals surface area contributed by atoms with E-state index >= 15 is 0 Å². The van der Waals surface area contributed by atoms with Crippen molar-refractivity contribution in [3.8, 4) is 5.69 Å². The minimum absolute atomic E-state index is 0.0933. The van der Waals surface area contributed by atoms with E-state index in [2.05, 4.69) is 60.7 Å². The molecule has 2 aromatic heterocycles. The molecular formula is C31H30N6O3. The number of rotatable bonds is 9. The quantitative estimate of drug-likeness (QED) is 0.183. The van der Waals surface area contributed by atoms with Gasteiger partial charge in [-0.25, -0.2) is 15.2 Å². The first-order chi connectivity index (χ1) is 19.5. The molecule has 2 amide bonds. The van der Waals surface area contributed by atoms with E-state index in [0.29, 0.717) is 5.69 Å². The minimum Gasteiger partial charge on any atom is -0.445 e. The van der Waals surface area contributed by atoms with Crippen molar-refractivity contribution in [1.29, 1.82) is 0 Å². The largest absolute Gasteiger partial charge is 0.445 e. The molecule has 40 heavy (non-hydrogen) atoms. The van der Waals surface area contributed by atoms with Crippen molar-refractivity contribution in [1.82, 2.24) is 25.3 Å². The maximum absolute atomic E-state index is 13.0. The number of alkyl carbamates (subject to hydrolysis) is 1. The van der Waals surface area contributed by atoms with E-state index in [9.17, 15) is 9.59 Å². The van der Waals surface area contributed by atoms with Gasteiger partial charge in [-0.3, -0.25) is 4.79 Å². The second-order valence-electron chi connectivity index (χ2n) is 9.47. The number of nitrogens with zero attached hydrogens (tertiary/aromatic N) is 3. The number of carbonyl (C=O) groups is 2. The predicted octanol–water partition coefficient (Wildman–Crippen LogP) is 4.96. The zero-order valence-corrected chi connectivity index (χ0v) is 22.3. The lowest BCUT2D eigenvalue weighted by Crippen LogP contribution is -2.47. The molecule has 202 valence electrons. The highest BCUT2D eigenvalue weighted by Gasteiger charge is 2.22. The lowest BCUT2D eigenvalue weighted by Gasteiger charge is -2.16. The third kappa shape index (κ3) is 6.27. The van der Waals surface area contributed by atoms with Crippen LogP contribution >= 0.6 is 0 Å². The summed E-state index contributed by atoms with van der Waals surface area (Å²) in [6.45, 7) is 4.14. The SMILES string of the molecule is Cc1cc(/C=N\NC(=O)[C@@H](Cc2cnc[nH]2)NC(=O)OCc2ccccc2)c(C)n1-c1ccc2ccccc2c1. The molecule has 0 spiro atoms. The van der Waals surface area contributed by atoms with Gasteiger partial charge in [-0.15, -0.1) is 0 Å². The van der Waals surface area contributed by atoms with E-state index < -0.39 is 18.0 Å². The van der Waals surface area contributed by atoms with Crippen LogP contribution in [0, 0.1) is 13.8 Å². The molecule has 3 N–H and O–H groups in total. The molecule has 0 bridgehead atoms. The van der Waals surface area contributed by atoms with Gasteiger partial charge in [0, 0.05) is 41.0 Å². The number of hydrogen-bond donors (Lipinski definition) is 3. The van der Waals surface area contributed by atoms with Crippen LogP contribution in [0.25, 0.3) is 16.5 Å². The highest BCUT2D eigenvalue weighted by atomic mass is 16.5. The monoisotopic (exact) mass is 534 g/mol. The molecule has 0 aliphatic carbocycles. The first-order valence-electron chi connectivity index (χ1n) is 12.9. The molecule has 5 rings (SSSR count). The van der Waals surface area contributed by atoms with Gasteiger partial charge in [0.2, 0.25) is 0 Å². The van der Waals surface area contributed by atoms with Crippen molar-refractivity contribution in [3.05, 3.63) is 120 Å². The third-order valence-electron chi connectivity index (χ3n) is 6.64. The highest BCUT2D eigenvalue weighted by molar-refractivity contribution is 5.88. The molecule has 0 aliphatic heterocycles. The van der Waals surface area contributed by atoms with Gasteiger partial charge in [0.1, 0.15) is 12.6 Å².